The lowest BCUT2D eigenvalue weighted by Crippen LogP contribution is -2.12. The van der Waals surface area contributed by atoms with E-state index in [1.807, 2.05) is 49.6 Å². The molecule has 0 saturated carbocycles. The predicted molar refractivity (Wildman–Crippen MR) is 80.0 cm³/mol. The van der Waals surface area contributed by atoms with Crippen molar-refractivity contribution in [3.05, 3.63) is 48.2 Å². The SMILES string of the molecule is CNC(C)c1ccc(Oc2ccc(SC)cc2)nc1. The van der Waals surface area contributed by atoms with Crippen molar-refractivity contribution in [2.45, 2.75) is 17.9 Å². The number of nitrogens with one attached hydrogen (secondary N) is 1. The number of hydrogen-bond donors (Lipinski definition) is 1. The van der Waals surface area contributed by atoms with Gasteiger partial charge in [0, 0.05) is 23.2 Å². The van der Waals surface area contributed by atoms with Gasteiger partial charge in [0.25, 0.3) is 0 Å². The molecule has 1 N–H and O–H groups in total. The lowest BCUT2D eigenvalue weighted by atomic mass is 10.1. The van der Waals surface area contributed by atoms with Crippen LogP contribution >= 0.6 is 11.8 Å². The minimum atomic E-state index is 0.294. The third-order valence-electron chi connectivity index (χ3n) is 2.97. The van der Waals surface area contributed by atoms with Gasteiger partial charge in [0.1, 0.15) is 5.75 Å². The highest BCUT2D eigenvalue weighted by Gasteiger charge is 2.04. The van der Waals surface area contributed by atoms with Crippen molar-refractivity contribution < 1.29 is 4.74 Å². The van der Waals surface area contributed by atoms with Gasteiger partial charge in [-0.3, -0.25) is 0 Å². The molecular formula is C15H18N2OS. The van der Waals surface area contributed by atoms with Crippen molar-refractivity contribution in [2.24, 2.45) is 0 Å². The fourth-order valence-electron chi connectivity index (χ4n) is 1.64. The first-order valence-electron chi connectivity index (χ1n) is 6.18. The molecule has 0 amide bonds. The van der Waals surface area contributed by atoms with Crippen LogP contribution in [0.15, 0.2) is 47.5 Å². The fourth-order valence-corrected chi connectivity index (χ4v) is 2.05. The quantitative estimate of drug-likeness (QED) is 0.839. The van der Waals surface area contributed by atoms with Gasteiger partial charge in [-0.15, -0.1) is 11.8 Å². The molecule has 0 radical (unpaired) electrons. The summed E-state index contributed by atoms with van der Waals surface area (Å²) in [6.07, 6.45) is 3.89. The number of thioether (sulfide) groups is 1. The van der Waals surface area contributed by atoms with Crippen molar-refractivity contribution in [3.8, 4) is 11.6 Å². The Balaban J connectivity index is 2.06. The largest absolute Gasteiger partial charge is 0.439 e. The van der Waals surface area contributed by atoms with E-state index in [0.717, 1.165) is 11.3 Å². The van der Waals surface area contributed by atoms with Gasteiger partial charge < -0.3 is 10.1 Å². The second kappa shape index (κ2) is 6.59. The molecule has 0 spiro atoms. The third-order valence-corrected chi connectivity index (χ3v) is 3.72. The van der Waals surface area contributed by atoms with E-state index < -0.39 is 0 Å². The van der Waals surface area contributed by atoms with E-state index in [-0.39, 0.29) is 0 Å². The minimum absolute atomic E-state index is 0.294. The van der Waals surface area contributed by atoms with Gasteiger partial charge in [-0.1, -0.05) is 6.07 Å². The third kappa shape index (κ3) is 3.72. The van der Waals surface area contributed by atoms with Crippen LogP contribution in [0, 0.1) is 0 Å². The number of hydrogen-bond acceptors (Lipinski definition) is 4. The van der Waals surface area contributed by atoms with Crippen molar-refractivity contribution in [1.82, 2.24) is 10.3 Å². The molecule has 1 atom stereocenters. The van der Waals surface area contributed by atoms with Gasteiger partial charge in [0.15, 0.2) is 0 Å². The monoisotopic (exact) mass is 274 g/mol. The van der Waals surface area contributed by atoms with Gasteiger partial charge >= 0.3 is 0 Å². The Morgan fingerprint density at radius 1 is 1.16 bits per heavy atom. The Kier molecular flexibility index (Phi) is 4.82. The zero-order chi connectivity index (χ0) is 13.7. The average Bonchev–Trinajstić information content (AvgIpc) is 2.48. The maximum atomic E-state index is 5.71. The van der Waals surface area contributed by atoms with Crippen LogP contribution in [0.1, 0.15) is 18.5 Å². The van der Waals surface area contributed by atoms with Gasteiger partial charge in [0.05, 0.1) is 0 Å². The molecule has 0 aliphatic rings. The number of benzene rings is 1. The topological polar surface area (TPSA) is 34.1 Å². The highest BCUT2D eigenvalue weighted by atomic mass is 32.2. The molecule has 0 bridgehead atoms. The number of ether oxygens (including phenoxy) is 1. The standard InChI is InChI=1S/C15H18N2OS/c1-11(16-2)12-4-9-15(17-10-12)18-13-5-7-14(19-3)8-6-13/h4-11,16H,1-3H3. The number of pyridine rings is 1. The number of aromatic nitrogens is 1. The first-order valence-corrected chi connectivity index (χ1v) is 7.40. The van der Waals surface area contributed by atoms with Gasteiger partial charge in [-0.25, -0.2) is 4.98 Å². The van der Waals surface area contributed by atoms with E-state index in [0.29, 0.717) is 11.9 Å². The molecule has 2 aromatic rings. The molecule has 1 heterocycles. The molecule has 1 aromatic carbocycles. The lowest BCUT2D eigenvalue weighted by molar-refractivity contribution is 0.461. The number of nitrogens with zero attached hydrogens (tertiary/aromatic N) is 1. The molecular weight excluding hydrogens is 256 g/mol. The molecule has 1 unspecified atom stereocenters. The van der Waals surface area contributed by atoms with Crippen molar-refractivity contribution in [1.29, 1.82) is 0 Å². The summed E-state index contributed by atoms with van der Waals surface area (Å²) in [6, 6.07) is 12.2. The van der Waals surface area contributed by atoms with Crippen LogP contribution in [0.2, 0.25) is 0 Å². The van der Waals surface area contributed by atoms with Gasteiger partial charge in [-0.05, 0) is 50.1 Å². The summed E-state index contributed by atoms with van der Waals surface area (Å²) in [4.78, 5) is 5.54. The van der Waals surface area contributed by atoms with E-state index in [2.05, 4.69) is 23.5 Å². The predicted octanol–water partition coefficient (Wildman–Crippen LogP) is 3.88. The van der Waals surface area contributed by atoms with Crippen molar-refractivity contribution >= 4 is 11.8 Å². The van der Waals surface area contributed by atoms with E-state index in [1.165, 1.54) is 4.90 Å². The summed E-state index contributed by atoms with van der Waals surface area (Å²) >= 11 is 1.71. The van der Waals surface area contributed by atoms with Crippen LogP contribution < -0.4 is 10.1 Å². The Bertz CT molecular complexity index is 511. The average molecular weight is 274 g/mol. The maximum absolute atomic E-state index is 5.71. The molecule has 1 aromatic heterocycles. The molecule has 0 saturated heterocycles. The molecule has 19 heavy (non-hydrogen) atoms. The highest BCUT2D eigenvalue weighted by Crippen LogP contribution is 2.23. The van der Waals surface area contributed by atoms with Crippen LogP contribution in [0.4, 0.5) is 0 Å². The van der Waals surface area contributed by atoms with Crippen LogP contribution in [0.25, 0.3) is 0 Å². The molecule has 0 fully saturated rings. The van der Waals surface area contributed by atoms with E-state index in [9.17, 15) is 0 Å². The summed E-state index contributed by atoms with van der Waals surface area (Å²) in [5.41, 5.74) is 1.15. The second-order valence-corrected chi connectivity index (χ2v) is 5.10. The van der Waals surface area contributed by atoms with Crippen LogP contribution in [0.3, 0.4) is 0 Å². The van der Waals surface area contributed by atoms with Crippen LogP contribution in [-0.2, 0) is 0 Å². The summed E-state index contributed by atoms with van der Waals surface area (Å²) in [7, 11) is 1.93. The van der Waals surface area contributed by atoms with E-state index in [1.54, 1.807) is 11.8 Å². The van der Waals surface area contributed by atoms with E-state index >= 15 is 0 Å². The van der Waals surface area contributed by atoms with Crippen molar-refractivity contribution in [2.75, 3.05) is 13.3 Å². The molecule has 0 aliphatic heterocycles. The van der Waals surface area contributed by atoms with Crippen LogP contribution in [0.5, 0.6) is 11.6 Å². The zero-order valence-electron chi connectivity index (χ0n) is 11.4. The van der Waals surface area contributed by atoms with E-state index in [4.69, 9.17) is 4.74 Å². The highest BCUT2D eigenvalue weighted by molar-refractivity contribution is 7.98. The zero-order valence-corrected chi connectivity index (χ0v) is 12.2. The lowest BCUT2D eigenvalue weighted by Gasteiger charge is -2.11. The molecule has 4 heteroatoms. The first-order chi connectivity index (χ1) is 9.22. The Morgan fingerprint density at radius 2 is 1.89 bits per heavy atom. The fraction of sp³-hybridized carbons (Fsp3) is 0.267. The van der Waals surface area contributed by atoms with Gasteiger partial charge in [-0.2, -0.15) is 0 Å². The second-order valence-electron chi connectivity index (χ2n) is 4.22. The summed E-state index contributed by atoms with van der Waals surface area (Å²) < 4.78 is 5.71. The molecule has 0 aliphatic carbocycles. The molecule has 2 rings (SSSR count). The normalized spacial score (nSPS) is 12.2. The summed E-state index contributed by atoms with van der Waals surface area (Å²) in [6.45, 7) is 2.10. The minimum Gasteiger partial charge on any atom is -0.439 e. The smallest absolute Gasteiger partial charge is 0.219 e. The Morgan fingerprint density at radius 3 is 2.42 bits per heavy atom. The summed E-state index contributed by atoms with van der Waals surface area (Å²) in [5.74, 6) is 1.42. The van der Waals surface area contributed by atoms with Crippen LogP contribution in [-0.4, -0.2) is 18.3 Å². The summed E-state index contributed by atoms with van der Waals surface area (Å²) in [5, 5.41) is 3.18. The number of rotatable bonds is 5. The molecule has 100 valence electrons. The Labute approximate surface area is 118 Å². The molecule has 3 nitrogen and oxygen atoms in total. The Hall–Kier alpha value is -1.52. The maximum Gasteiger partial charge on any atom is 0.219 e. The first kappa shape index (κ1) is 13.9. The van der Waals surface area contributed by atoms with Crippen molar-refractivity contribution in [3.63, 3.8) is 0 Å². The van der Waals surface area contributed by atoms with Gasteiger partial charge in [0.2, 0.25) is 5.88 Å².